The number of benzene rings is 2. The lowest BCUT2D eigenvalue weighted by Gasteiger charge is -2.24. The summed E-state index contributed by atoms with van der Waals surface area (Å²) in [5.41, 5.74) is 7.01. The molecule has 0 fully saturated rings. The first-order valence-corrected chi connectivity index (χ1v) is 12.9. The number of nitrogens with zero attached hydrogens (tertiary/aromatic N) is 4. The molecular formula is C31H42N4+4. The second-order valence-electron chi connectivity index (χ2n) is 13.0. The van der Waals surface area contributed by atoms with Gasteiger partial charge in [-0.25, -0.2) is 0 Å². The predicted octanol–water partition coefficient (Wildman–Crippen LogP) is 4.29. The molecule has 1 aliphatic carbocycles. The minimum Gasteiger partial charge on any atom is -0.326 e. The van der Waals surface area contributed by atoms with E-state index < -0.39 is 0 Å². The van der Waals surface area contributed by atoms with Crippen molar-refractivity contribution in [1.29, 1.82) is 0 Å². The van der Waals surface area contributed by atoms with Crippen molar-refractivity contribution in [3.8, 4) is 11.1 Å². The molecule has 4 heteroatoms. The Labute approximate surface area is 210 Å². The molecule has 35 heavy (non-hydrogen) atoms. The van der Waals surface area contributed by atoms with Crippen molar-refractivity contribution in [3.63, 3.8) is 0 Å². The Morgan fingerprint density at radius 3 is 2.14 bits per heavy atom. The maximum absolute atomic E-state index is 2.49. The molecule has 2 aromatic carbocycles. The van der Waals surface area contributed by atoms with E-state index in [0.717, 1.165) is 35.1 Å². The van der Waals surface area contributed by atoms with Crippen LogP contribution in [-0.2, 0) is 18.5 Å². The van der Waals surface area contributed by atoms with Crippen LogP contribution in [0.5, 0.6) is 0 Å². The van der Waals surface area contributed by atoms with Crippen LogP contribution in [0, 0.1) is 0 Å². The third-order valence-electron chi connectivity index (χ3n) is 7.66. The molecule has 0 unspecified atom stereocenters. The minimum atomic E-state index is -0.0545. The Balaban J connectivity index is 1.67. The molecule has 0 N–H and O–H groups in total. The molecule has 0 radical (unpaired) electrons. The first-order chi connectivity index (χ1) is 16.4. The molecule has 5 rings (SSSR count). The van der Waals surface area contributed by atoms with Crippen molar-refractivity contribution in [2.45, 2.75) is 32.4 Å². The molecule has 0 atom stereocenters. The molecule has 0 amide bonds. The van der Waals surface area contributed by atoms with E-state index >= 15 is 0 Å². The summed E-state index contributed by atoms with van der Waals surface area (Å²) in [6.07, 6.45) is 7.06. The highest BCUT2D eigenvalue weighted by molar-refractivity contribution is 6.04. The van der Waals surface area contributed by atoms with Gasteiger partial charge >= 0.3 is 0 Å². The average molecular weight is 471 g/mol. The van der Waals surface area contributed by atoms with Crippen LogP contribution in [0.1, 0.15) is 25.0 Å². The molecular weight excluding hydrogens is 428 g/mol. The molecule has 0 bridgehead atoms. The summed E-state index contributed by atoms with van der Waals surface area (Å²) in [7, 11) is 13.6. The molecule has 0 saturated carbocycles. The third kappa shape index (κ3) is 4.34. The summed E-state index contributed by atoms with van der Waals surface area (Å²) in [5, 5.41) is 4.08. The smallest absolute Gasteiger partial charge is 0.213 e. The number of rotatable bonds is 6. The third-order valence-corrected chi connectivity index (χ3v) is 7.66. The fourth-order valence-electron chi connectivity index (χ4n) is 5.62. The lowest BCUT2D eigenvalue weighted by atomic mass is 9.81. The zero-order valence-corrected chi connectivity index (χ0v) is 22.9. The van der Waals surface area contributed by atoms with Crippen LogP contribution in [0.4, 0.5) is 0 Å². The molecule has 2 heterocycles. The molecule has 0 saturated heterocycles. The van der Waals surface area contributed by atoms with Crippen molar-refractivity contribution >= 4 is 21.7 Å². The Bertz CT molecular complexity index is 1430. The lowest BCUT2D eigenvalue weighted by molar-refractivity contribution is -0.892. The number of quaternary nitrogens is 2. The number of para-hydroxylation sites is 1. The number of likely N-dealkylation sites (N-methyl/N-ethyl adjacent to an activating group) is 2. The first kappa shape index (κ1) is 23.9. The van der Waals surface area contributed by atoms with Gasteiger partial charge in [0.05, 0.1) is 47.7 Å². The van der Waals surface area contributed by atoms with Crippen molar-refractivity contribution < 1.29 is 18.1 Å². The highest BCUT2D eigenvalue weighted by Crippen LogP contribution is 2.52. The van der Waals surface area contributed by atoms with Crippen molar-refractivity contribution in [2.24, 2.45) is 0 Å². The van der Waals surface area contributed by atoms with E-state index in [9.17, 15) is 0 Å². The van der Waals surface area contributed by atoms with Crippen LogP contribution in [-0.4, -0.2) is 64.3 Å². The van der Waals surface area contributed by atoms with E-state index in [1.807, 2.05) is 0 Å². The highest BCUT2D eigenvalue weighted by atomic mass is 15.3. The van der Waals surface area contributed by atoms with Gasteiger partial charge in [0.2, 0.25) is 5.52 Å². The first-order valence-electron chi connectivity index (χ1n) is 12.9. The second kappa shape index (κ2) is 8.11. The summed E-state index contributed by atoms with van der Waals surface area (Å²) in [5.74, 6) is 0. The van der Waals surface area contributed by atoms with Crippen LogP contribution in [0.2, 0.25) is 0 Å². The van der Waals surface area contributed by atoms with Gasteiger partial charge < -0.3 is 8.97 Å². The SMILES string of the molecule is CC1(C)c2c[n+](CC[N+](C)(C)C)c3ccccc3c2-c2ccc3c[n+](CC[N+](C)(C)C)ccc3c21. The maximum Gasteiger partial charge on any atom is 0.213 e. The highest BCUT2D eigenvalue weighted by Gasteiger charge is 2.41. The monoisotopic (exact) mass is 470 g/mol. The number of fused-ring (bicyclic) bond motifs is 7. The zero-order chi connectivity index (χ0) is 25.2. The van der Waals surface area contributed by atoms with Gasteiger partial charge in [-0.1, -0.05) is 32.0 Å². The van der Waals surface area contributed by atoms with E-state index in [2.05, 4.69) is 126 Å². The van der Waals surface area contributed by atoms with Gasteiger partial charge in [0.15, 0.2) is 31.7 Å². The van der Waals surface area contributed by atoms with E-state index in [0.29, 0.717) is 0 Å². The fraction of sp³-hybridized carbons (Fsp3) is 0.419. The Kier molecular flexibility index (Phi) is 5.54. The van der Waals surface area contributed by atoms with Crippen LogP contribution in [0.15, 0.2) is 61.1 Å². The predicted molar refractivity (Wildman–Crippen MR) is 145 cm³/mol. The molecule has 0 spiro atoms. The standard InChI is InChI=1S/C31H42N4/c1-31(2)27-22-33(18-20-35(6,7)8)28-12-10-9-11-25(28)29(27)26-14-13-23-21-32(17-19-34(3,4)5)16-15-24(23)30(26)31/h9-16,21-22H,17-20H2,1-8H3/q+4. The summed E-state index contributed by atoms with van der Waals surface area (Å²) in [6.45, 7) is 9.06. The quantitative estimate of drug-likeness (QED) is 0.293. The topological polar surface area (TPSA) is 7.76 Å². The molecule has 4 nitrogen and oxygen atoms in total. The lowest BCUT2D eigenvalue weighted by Crippen LogP contribution is -2.46. The Morgan fingerprint density at radius 1 is 0.743 bits per heavy atom. The van der Waals surface area contributed by atoms with Crippen LogP contribution >= 0.6 is 0 Å². The molecule has 4 aromatic rings. The zero-order valence-electron chi connectivity index (χ0n) is 22.9. The Morgan fingerprint density at radius 2 is 1.43 bits per heavy atom. The summed E-state index contributed by atoms with van der Waals surface area (Å²) in [6, 6.07) is 16.0. The number of aromatic nitrogens is 2. The molecule has 182 valence electrons. The van der Waals surface area contributed by atoms with Gasteiger partial charge in [0.1, 0.15) is 13.1 Å². The summed E-state index contributed by atoms with van der Waals surface area (Å²) in [4.78, 5) is 0. The van der Waals surface area contributed by atoms with Crippen LogP contribution < -0.4 is 9.13 Å². The van der Waals surface area contributed by atoms with Gasteiger partial charge in [-0.15, -0.1) is 0 Å². The molecule has 2 aromatic heterocycles. The normalized spacial score (nSPS) is 15.0. The van der Waals surface area contributed by atoms with E-state index in [-0.39, 0.29) is 5.41 Å². The van der Waals surface area contributed by atoms with Gasteiger partial charge in [-0.3, -0.25) is 0 Å². The summed E-state index contributed by atoms with van der Waals surface area (Å²) >= 11 is 0. The number of hydrogen-bond donors (Lipinski definition) is 0. The van der Waals surface area contributed by atoms with Crippen molar-refractivity contribution in [2.75, 3.05) is 55.4 Å². The number of pyridine rings is 2. The van der Waals surface area contributed by atoms with Crippen molar-refractivity contribution in [1.82, 2.24) is 0 Å². The van der Waals surface area contributed by atoms with E-state index in [4.69, 9.17) is 0 Å². The molecule has 1 aliphatic rings. The van der Waals surface area contributed by atoms with Gasteiger partial charge in [0, 0.05) is 34.1 Å². The second-order valence-corrected chi connectivity index (χ2v) is 13.0. The van der Waals surface area contributed by atoms with E-state index in [1.165, 1.54) is 43.9 Å². The van der Waals surface area contributed by atoms with Crippen LogP contribution in [0.25, 0.3) is 32.8 Å². The average Bonchev–Trinajstić information content (AvgIpc) is 3.02. The summed E-state index contributed by atoms with van der Waals surface area (Å²) < 4.78 is 6.77. The largest absolute Gasteiger partial charge is 0.326 e. The van der Waals surface area contributed by atoms with Crippen molar-refractivity contribution in [3.05, 3.63) is 72.2 Å². The van der Waals surface area contributed by atoms with Gasteiger partial charge in [-0.2, -0.15) is 9.13 Å². The fourth-order valence-corrected chi connectivity index (χ4v) is 5.62. The van der Waals surface area contributed by atoms with Gasteiger partial charge in [-0.05, 0) is 28.6 Å². The number of hydrogen-bond acceptors (Lipinski definition) is 0. The van der Waals surface area contributed by atoms with Gasteiger partial charge in [0.25, 0.3) is 0 Å². The van der Waals surface area contributed by atoms with E-state index in [1.54, 1.807) is 0 Å². The minimum absolute atomic E-state index is 0.0545. The van der Waals surface area contributed by atoms with Crippen LogP contribution in [0.3, 0.4) is 0 Å². The Hall–Kier alpha value is -2.82. The maximum atomic E-state index is 2.49. The molecule has 0 aliphatic heterocycles.